The first kappa shape index (κ1) is 15.5. The Balaban J connectivity index is 2.02. The summed E-state index contributed by atoms with van der Waals surface area (Å²) in [7, 11) is 0. The molecule has 114 valence electrons. The number of hydrogen-bond donors (Lipinski definition) is 2. The van der Waals surface area contributed by atoms with Gasteiger partial charge >= 0.3 is 5.97 Å². The lowest BCUT2D eigenvalue weighted by molar-refractivity contribution is -0.117. The maximum atomic E-state index is 12.2. The third-order valence-electron chi connectivity index (χ3n) is 4.21. The molecule has 1 fully saturated rings. The third kappa shape index (κ3) is 4.31. The number of aromatic carboxylic acids is 1. The monoisotopic (exact) mass is 289 g/mol. The van der Waals surface area contributed by atoms with Gasteiger partial charge in [-0.1, -0.05) is 37.8 Å². The van der Waals surface area contributed by atoms with Crippen molar-refractivity contribution in [1.29, 1.82) is 0 Å². The molecule has 0 saturated heterocycles. The van der Waals surface area contributed by atoms with Crippen LogP contribution >= 0.6 is 0 Å². The van der Waals surface area contributed by atoms with Crippen molar-refractivity contribution in [3.05, 3.63) is 29.3 Å². The van der Waals surface area contributed by atoms with Crippen LogP contribution in [0.15, 0.2) is 18.2 Å². The Bertz CT molecular complexity index is 517. The minimum absolute atomic E-state index is 0.0741. The van der Waals surface area contributed by atoms with Gasteiger partial charge in [0.25, 0.3) is 0 Å². The number of rotatable bonds is 4. The van der Waals surface area contributed by atoms with Gasteiger partial charge in [-0.2, -0.15) is 0 Å². The second-order valence-electron chi connectivity index (χ2n) is 5.91. The van der Waals surface area contributed by atoms with E-state index in [-0.39, 0.29) is 11.5 Å². The summed E-state index contributed by atoms with van der Waals surface area (Å²) < 4.78 is 0. The predicted molar refractivity (Wildman–Crippen MR) is 82.6 cm³/mol. The number of nitrogens with one attached hydrogen (secondary N) is 1. The summed E-state index contributed by atoms with van der Waals surface area (Å²) in [6.07, 6.45) is 7.62. The van der Waals surface area contributed by atoms with E-state index in [1.54, 1.807) is 25.1 Å². The van der Waals surface area contributed by atoms with Crippen molar-refractivity contribution < 1.29 is 14.7 Å². The Kier molecular flexibility index (Phi) is 5.37. The SMILES string of the molecule is Cc1cccc(NC(=O)CC2CCCCCC2)c1C(=O)O. The van der Waals surface area contributed by atoms with Crippen molar-refractivity contribution in [1.82, 2.24) is 0 Å². The minimum Gasteiger partial charge on any atom is -0.478 e. The maximum absolute atomic E-state index is 12.2. The van der Waals surface area contributed by atoms with Crippen LogP contribution in [-0.4, -0.2) is 17.0 Å². The molecule has 1 aliphatic carbocycles. The van der Waals surface area contributed by atoms with Gasteiger partial charge in [-0.05, 0) is 37.3 Å². The fraction of sp³-hybridized carbons (Fsp3) is 0.529. The van der Waals surface area contributed by atoms with Gasteiger partial charge < -0.3 is 10.4 Å². The molecule has 1 amide bonds. The van der Waals surface area contributed by atoms with E-state index in [0.29, 0.717) is 23.6 Å². The van der Waals surface area contributed by atoms with Gasteiger partial charge in [0.2, 0.25) is 5.91 Å². The molecule has 2 rings (SSSR count). The van der Waals surface area contributed by atoms with E-state index in [4.69, 9.17) is 0 Å². The Labute approximate surface area is 125 Å². The summed E-state index contributed by atoms with van der Waals surface area (Å²) in [5.74, 6) is -0.640. The normalized spacial score (nSPS) is 16.2. The van der Waals surface area contributed by atoms with Crippen LogP contribution in [0.4, 0.5) is 5.69 Å². The lowest BCUT2D eigenvalue weighted by Gasteiger charge is -2.15. The van der Waals surface area contributed by atoms with Crippen molar-refractivity contribution in [2.75, 3.05) is 5.32 Å². The van der Waals surface area contributed by atoms with E-state index in [0.717, 1.165) is 12.8 Å². The van der Waals surface area contributed by atoms with E-state index >= 15 is 0 Å². The molecule has 0 aliphatic heterocycles. The molecular formula is C17H23NO3. The number of amides is 1. The van der Waals surface area contributed by atoms with Gasteiger partial charge in [-0.3, -0.25) is 4.79 Å². The molecule has 4 nitrogen and oxygen atoms in total. The summed E-state index contributed by atoms with van der Waals surface area (Å²) in [6.45, 7) is 1.74. The average Bonchev–Trinajstić information content (AvgIpc) is 2.66. The van der Waals surface area contributed by atoms with E-state index in [2.05, 4.69) is 5.32 Å². The van der Waals surface area contributed by atoms with Gasteiger partial charge in [0.15, 0.2) is 0 Å². The number of carboxylic acid groups (broad SMARTS) is 1. The van der Waals surface area contributed by atoms with Crippen LogP contribution in [0.25, 0.3) is 0 Å². The second kappa shape index (κ2) is 7.25. The van der Waals surface area contributed by atoms with Gasteiger partial charge in [0.1, 0.15) is 0 Å². The molecule has 1 aromatic carbocycles. The standard InChI is InChI=1S/C17H23NO3/c1-12-7-6-10-14(16(12)17(20)21)18-15(19)11-13-8-4-2-3-5-9-13/h6-7,10,13H,2-5,8-9,11H2,1H3,(H,18,19)(H,20,21). The lowest BCUT2D eigenvalue weighted by atomic mass is 9.96. The third-order valence-corrected chi connectivity index (χ3v) is 4.21. The number of hydrogen-bond acceptors (Lipinski definition) is 2. The first-order valence-electron chi connectivity index (χ1n) is 7.70. The molecule has 1 saturated carbocycles. The largest absolute Gasteiger partial charge is 0.478 e. The Morgan fingerprint density at radius 3 is 2.48 bits per heavy atom. The summed E-state index contributed by atoms with van der Waals surface area (Å²) in [4.78, 5) is 23.5. The number of anilines is 1. The fourth-order valence-electron chi connectivity index (χ4n) is 3.09. The molecule has 0 radical (unpaired) electrons. The zero-order valence-corrected chi connectivity index (χ0v) is 12.5. The highest BCUT2D eigenvalue weighted by atomic mass is 16.4. The van der Waals surface area contributed by atoms with Crippen LogP contribution in [0, 0.1) is 12.8 Å². The quantitative estimate of drug-likeness (QED) is 0.823. The van der Waals surface area contributed by atoms with E-state index < -0.39 is 5.97 Å². The summed E-state index contributed by atoms with van der Waals surface area (Å²) in [5, 5.41) is 12.0. The zero-order valence-electron chi connectivity index (χ0n) is 12.5. The number of carbonyl (C=O) groups excluding carboxylic acids is 1. The van der Waals surface area contributed by atoms with Crippen LogP contribution < -0.4 is 5.32 Å². The Morgan fingerprint density at radius 2 is 1.86 bits per heavy atom. The molecule has 0 atom stereocenters. The summed E-state index contributed by atoms with van der Waals surface area (Å²) >= 11 is 0. The van der Waals surface area contributed by atoms with Crippen LogP contribution in [0.2, 0.25) is 0 Å². The highest BCUT2D eigenvalue weighted by Crippen LogP contribution is 2.26. The first-order valence-corrected chi connectivity index (χ1v) is 7.70. The highest BCUT2D eigenvalue weighted by Gasteiger charge is 2.19. The van der Waals surface area contributed by atoms with Crippen molar-refractivity contribution in [2.24, 2.45) is 5.92 Å². The molecule has 1 aromatic rings. The molecule has 21 heavy (non-hydrogen) atoms. The predicted octanol–water partition coefficient (Wildman–Crippen LogP) is 3.99. The van der Waals surface area contributed by atoms with E-state index in [1.807, 2.05) is 0 Å². The minimum atomic E-state index is -1.00. The lowest BCUT2D eigenvalue weighted by Crippen LogP contribution is -2.18. The fourth-order valence-corrected chi connectivity index (χ4v) is 3.09. The van der Waals surface area contributed by atoms with Gasteiger partial charge in [-0.15, -0.1) is 0 Å². The Hall–Kier alpha value is -1.84. The van der Waals surface area contributed by atoms with Crippen LogP contribution in [0.5, 0.6) is 0 Å². The maximum Gasteiger partial charge on any atom is 0.338 e. The van der Waals surface area contributed by atoms with Crippen LogP contribution in [-0.2, 0) is 4.79 Å². The molecule has 1 aliphatic rings. The van der Waals surface area contributed by atoms with E-state index in [9.17, 15) is 14.7 Å². The van der Waals surface area contributed by atoms with Crippen molar-refractivity contribution in [2.45, 2.75) is 51.9 Å². The van der Waals surface area contributed by atoms with Crippen molar-refractivity contribution in [3.8, 4) is 0 Å². The van der Waals surface area contributed by atoms with Gasteiger partial charge in [0.05, 0.1) is 11.3 Å². The van der Waals surface area contributed by atoms with E-state index in [1.165, 1.54) is 25.7 Å². The topological polar surface area (TPSA) is 66.4 Å². The number of benzene rings is 1. The van der Waals surface area contributed by atoms with Crippen LogP contribution in [0.1, 0.15) is 60.9 Å². The molecule has 0 bridgehead atoms. The zero-order chi connectivity index (χ0) is 15.2. The van der Waals surface area contributed by atoms with Crippen molar-refractivity contribution in [3.63, 3.8) is 0 Å². The molecular weight excluding hydrogens is 266 g/mol. The van der Waals surface area contributed by atoms with Gasteiger partial charge in [-0.25, -0.2) is 4.79 Å². The van der Waals surface area contributed by atoms with Gasteiger partial charge in [0, 0.05) is 6.42 Å². The Morgan fingerprint density at radius 1 is 1.19 bits per heavy atom. The number of carbonyl (C=O) groups is 2. The summed E-state index contributed by atoms with van der Waals surface area (Å²) in [6, 6.07) is 5.16. The molecule has 0 aromatic heterocycles. The second-order valence-corrected chi connectivity index (χ2v) is 5.91. The number of aryl methyl sites for hydroxylation is 1. The average molecular weight is 289 g/mol. The molecule has 4 heteroatoms. The first-order chi connectivity index (χ1) is 10.1. The van der Waals surface area contributed by atoms with Crippen LogP contribution in [0.3, 0.4) is 0 Å². The summed E-state index contributed by atoms with van der Waals surface area (Å²) in [5.41, 5.74) is 1.25. The molecule has 0 spiro atoms. The number of carboxylic acids is 1. The highest BCUT2D eigenvalue weighted by molar-refractivity contribution is 6.01. The van der Waals surface area contributed by atoms with Crippen molar-refractivity contribution >= 4 is 17.6 Å². The molecule has 0 heterocycles. The smallest absolute Gasteiger partial charge is 0.338 e. The molecule has 2 N–H and O–H groups in total. The molecule has 0 unspecified atom stereocenters.